The number of ether oxygens (including phenoxy) is 1. The summed E-state index contributed by atoms with van der Waals surface area (Å²) in [4.78, 5) is 13.8. The van der Waals surface area contributed by atoms with Crippen molar-refractivity contribution < 1.29 is 9.53 Å². The average molecular weight is 329 g/mol. The maximum absolute atomic E-state index is 12.1. The molecule has 0 unspecified atom stereocenters. The Balaban J connectivity index is 0.00000441. The summed E-state index contributed by atoms with van der Waals surface area (Å²) in [6, 6.07) is 6.07. The highest BCUT2D eigenvalue weighted by atomic mass is 35.5. The highest BCUT2D eigenvalue weighted by Crippen LogP contribution is 2.17. The quantitative estimate of drug-likeness (QED) is 0.837. The molecule has 0 saturated carbocycles. The minimum Gasteiger partial charge on any atom is -0.493 e. The lowest BCUT2D eigenvalue weighted by Gasteiger charge is -2.29. The van der Waals surface area contributed by atoms with Gasteiger partial charge >= 0.3 is 0 Å². The molecule has 0 heterocycles. The largest absolute Gasteiger partial charge is 0.493 e. The monoisotopic (exact) mass is 328 g/mol. The SMILES string of the molecule is Cc1cc(C)cc(OCCC(=O)N(C)CC(C)(C)CN)c1.Cl. The Bertz CT molecular complexity index is 469. The van der Waals surface area contributed by atoms with Crippen molar-refractivity contribution in [3.05, 3.63) is 29.3 Å². The van der Waals surface area contributed by atoms with Gasteiger partial charge in [0.15, 0.2) is 0 Å². The van der Waals surface area contributed by atoms with Gasteiger partial charge in [-0.05, 0) is 49.1 Å². The number of rotatable bonds is 7. The van der Waals surface area contributed by atoms with Crippen LogP contribution in [0.15, 0.2) is 18.2 Å². The van der Waals surface area contributed by atoms with Gasteiger partial charge < -0.3 is 15.4 Å². The highest BCUT2D eigenvalue weighted by Gasteiger charge is 2.20. The van der Waals surface area contributed by atoms with E-state index in [4.69, 9.17) is 10.5 Å². The third-order valence-corrected chi connectivity index (χ3v) is 3.42. The Morgan fingerprint density at radius 3 is 2.27 bits per heavy atom. The van der Waals surface area contributed by atoms with Crippen LogP contribution < -0.4 is 10.5 Å². The molecule has 0 atom stereocenters. The fraction of sp³-hybridized carbons (Fsp3) is 0.588. The molecule has 22 heavy (non-hydrogen) atoms. The number of amides is 1. The number of nitrogens with zero attached hydrogens (tertiary/aromatic N) is 1. The van der Waals surface area contributed by atoms with Gasteiger partial charge in [-0.25, -0.2) is 0 Å². The molecule has 0 aliphatic heterocycles. The molecule has 1 amide bonds. The summed E-state index contributed by atoms with van der Waals surface area (Å²) >= 11 is 0. The first-order chi connectivity index (χ1) is 9.73. The first-order valence-corrected chi connectivity index (χ1v) is 7.38. The number of halogens is 1. The third kappa shape index (κ3) is 7.14. The summed E-state index contributed by atoms with van der Waals surface area (Å²) in [7, 11) is 1.82. The topological polar surface area (TPSA) is 55.6 Å². The van der Waals surface area contributed by atoms with Gasteiger partial charge in [0, 0.05) is 13.6 Å². The second-order valence-corrected chi connectivity index (χ2v) is 6.54. The van der Waals surface area contributed by atoms with Crippen LogP contribution in [0.3, 0.4) is 0 Å². The van der Waals surface area contributed by atoms with E-state index in [1.54, 1.807) is 4.90 Å². The van der Waals surface area contributed by atoms with Crippen LogP contribution in [0, 0.1) is 19.3 Å². The standard InChI is InChI=1S/C17H28N2O2.ClH/c1-13-8-14(2)10-15(9-13)21-7-6-16(20)19(5)12-17(3,4)11-18;/h8-10H,6-7,11-12,18H2,1-5H3;1H. The number of aryl methyl sites for hydroxylation is 2. The van der Waals surface area contributed by atoms with E-state index in [1.165, 1.54) is 0 Å². The van der Waals surface area contributed by atoms with Crippen molar-refractivity contribution in [2.24, 2.45) is 11.1 Å². The maximum atomic E-state index is 12.1. The Morgan fingerprint density at radius 2 is 1.77 bits per heavy atom. The van der Waals surface area contributed by atoms with Crippen molar-refractivity contribution in [1.29, 1.82) is 0 Å². The van der Waals surface area contributed by atoms with Gasteiger partial charge in [0.05, 0.1) is 13.0 Å². The van der Waals surface area contributed by atoms with Crippen LogP contribution in [0.2, 0.25) is 0 Å². The molecule has 4 nitrogen and oxygen atoms in total. The summed E-state index contributed by atoms with van der Waals surface area (Å²) in [5.74, 6) is 0.908. The first-order valence-electron chi connectivity index (χ1n) is 7.38. The fourth-order valence-electron chi connectivity index (χ4n) is 2.26. The molecule has 1 rings (SSSR count). The smallest absolute Gasteiger partial charge is 0.225 e. The second kappa shape index (κ2) is 9.01. The van der Waals surface area contributed by atoms with Gasteiger partial charge in [-0.1, -0.05) is 19.9 Å². The van der Waals surface area contributed by atoms with Crippen molar-refractivity contribution in [2.45, 2.75) is 34.1 Å². The van der Waals surface area contributed by atoms with Crippen LogP contribution in [0.5, 0.6) is 5.75 Å². The lowest BCUT2D eigenvalue weighted by molar-refractivity contribution is -0.131. The first kappa shape index (κ1) is 20.7. The zero-order valence-corrected chi connectivity index (χ0v) is 15.1. The lowest BCUT2D eigenvalue weighted by atomic mass is 9.93. The third-order valence-electron chi connectivity index (χ3n) is 3.42. The number of hydrogen-bond donors (Lipinski definition) is 1. The number of nitrogens with two attached hydrogens (primary N) is 1. The van der Waals surface area contributed by atoms with Gasteiger partial charge in [-0.2, -0.15) is 0 Å². The number of carbonyl (C=O) groups excluding carboxylic acids is 1. The molecule has 1 aromatic rings. The highest BCUT2D eigenvalue weighted by molar-refractivity contribution is 5.85. The molecule has 0 saturated heterocycles. The van der Waals surface area contributed by atoms with Gasteiger partial charge in [0.25, 0.3) is 0 Å². The molecule has 1 aromatic carbocycles. The zero-order valence-electron chi connectivity index (χ0n) is 14.3. The van der Waals surface area contributed by atoms with Crippen molar-refractivity contribution in [3.63, 3.8) is 0 Å². The van der Waals surface area contributed by atoms with E-state index < -0.39 is 0 Å². The summed E-state index contributed by atoms with van der Waals surface area (Å²) < 4.78 is 5.67. The number of benzene rings is 1. The number of carbonyl (C=O) groups is 1. The summed E-state index contributed by atoms with van der Waals surface area (Å²) in [5, 5.41) is 0. The van der Waals surface area contributed by atoms with Crippen LogP contribution in [0.1, 0.15) is 31.4 Å². The zero-order chi connectivity index (χ0) is 16.0. The van der Waals surface area contributed by atoms with E-state index in [0.29, 0.717) is 26.1 Å². The Hall–Kier alpha value is -1.26. The van der Waals surface area contributed by atoms with Gasteiger partial charge in [0.2, 0.25) is 5.91 Å². The van der Waals surface area contributed by atoms with Crippen molar-refractivity contribution in [2.75, 3.05) is 26.7 Å². The Kier molecular flexibility index (Phi) is 8.49. The molecule has 126 valence electrons. The van der Waals surface area contributed by atoms with E-state index in [9.17, 15) is 4.79 Å². The Morgan fingerprint density at radius 1 is 1.23 bits per heavy atom. The van der Waals surface area contributed by atoms with Gasteiger partial charge in [-0.3, -0.25) is 4.79 Å². The van der Waals surface area contributed by atoms with E-state index >= 15 is 0 Å². The molecule has 0 aliphatic rings. The molecule has 0 spiro atoms. The van der Waals surface area contributed by atoms with Crippen molar-refractivity contribution >= 4 is 18.3 Å². The predicted octanol–water partition coefficient (Wildman–Crippen LogP) is 2.94. The molecular formula is C17H29ClN2O2. The van der Waals surface area contributed by atoms with Crippen LogP contribution >= 0.6 is 12.4 Å². The van der Waals surface area contributed by atoms with Crippen molar-refractivity contribution in [1.82, 2.24) is 4.90 Å². The average Bonchev–Trinajstić information content (AvgIpc) is 2.37. The minimum atomic E-state index is -0.0566. The summed E-state index contributed by atoms with van der Waals surface area (Å²) in [6.45, 7) is 9.80. The lowest BCUT2D eigenvalue weighted by Crippen LogP contribution is -2.40. The molecule has 0 radical (unpaired) electrons. The van der Waals surface area contributed by atoms with Gasteiger partial charge in [0.1, 0.15) is 5.75 Å². The normalized spacial score (nSPS) is 10.8. The van der Waals surface area contributed by atoms with Crippen LogP contribution in [-0.2, 0) is 4.79 Å². The molecule has 5 heteroatoms. The summed E-state index contributed by atoms with van der Waals surface area (Å²) in [5.41, 5.74) is 7.97. The number of hydrogen-bond acceptors (Lipinski definition) is 3. The maximum Gasteiger partial charge on any atom is 0.225 e. The minimum absolute atomic E-state index is 0. The van der Waals surface area contributed by atoms with E-state index in [-0.39, 0.29) is 23.7 Å². The molecule has 0 aliphatic carbocycles. The fourth-order valence-corrected chi connectivity index (χ4v) is 2.26. The van der Waals surface area contributed by atoms with Crippen molar-refractivity contribution in [3.8, 4) is 5.75 Å². The molecular weight excluding hydrogens is 300 g/mol. The second-order valence-electron chi connectivity index (χ2n) is 6.54. The van der Waals surface area contributed by atoms with Crippen LogP contribution in [0.4, 0.5) is 0 Å². The van der Waals surface area contributed by atoms with E-state index in [0.717, 1.165) is 16.9 Å². The Labute approximate surface area is 140 Å². The molecule has 2 N–H and O–H groups in total. The van der Waals surface area contributed by atoms with E-state index in [1.807, 2.05) is 33.0 Å². The van der Waals surface area contributed by atoms with Crippen LogP contribution in [-0.4, -0.2) is 37.6 Å². The molecule has 0 aromatic heterocycles. The van der Waals surface area contributed by atoms with E-state index in [2.05, 4.69) is 19.9 Å². The molecule has 0 fully saturated rings. The van der Waals surface area contributed by atoms with Gasteiger partial charge in [-0.15, -0.1) is 12.4 Å². The predicted molar refractivity (Wildman–Crippen MR) is 93.7 cm³/mol. The molecule has 0 bridgehead atoms. The summed E-state index contributed by atoms with van der Waals surface area (Å²) in [6.07, 6.45) is 0.379. The van der Waals surface area contributed by atoms with Crippen LogP contribution in [0.25, 0.3) is 0 Å².